The molecule has 2 fully saturated rings. The molecule has 0 aromatic rings. The van der Waals surface area contributed by atoms with Crippen LogP contribution in [0.2, 0.25) is 360 Å². The van der Waals surface area contributed by atoms with Crippen molar-refractivity contribution in [1.82, 2.24) is 0 Å². The van der Waals surface area contributed by atoms with Crippen LogP contribution in [0.5, 0.6) is 0 Å². The molecule has 0 nitrogen and oxygen atoms in total. The summed E-state index contributed by atoms with van der Waals surface area (Å²) in [4.78, 5) is 0. The van der Waals surface area contributed by atoms with Gasteiger partial charge in [-0.1, -0.05) is 360 Å². The predicted molar refractivity (Wildman–Crippen MR) is 458 cm³/mol. The maximum absolute atomic E-state index is 2.92. The lowest BCUT2D eigenvalue weighted by molar-refractivity contribution is 1.33. The van der Waals surface area contributed by atoms with Crippen LogP contribution in [0.15, 0.2) is 0 Å². The Morgan fingerprint density at radius 1 is 0.163 bits per heavy atom. The monoisotopic (exact) mass is 1500 g/mol. The second-order valence-corrected chi connectivity index (χ2v) is 282. The first-order chi connectivity index (χ1) is 33.7. The number of hydrogen-bond acceptors (Lipinski definition) is 0. The van der Waals surface area contributed by atoms with Crippen LogP contribution in [0, 0.1) is 0 Å². The van der Waals surface area contributed by atoms with Gasteiger partial charge in [-0.15, -0.1) is 0 Å². The minimum Gasteiger partial charge on any atom is -0.0719 e. The van der Waals surface area contributed by atoms with Gasteiger partial charge in [-0.3, -0.25) is 0 Å². The molecule has 0 saturated carbocycles. The van der Waals surface area contributed by atoms with Crippen molar-refractivity contribution in [2.24, 2.45) is 0 Å². The zero-order chi connectivity index (χ0) is 65.7. The van der Waals surface area contributed by atoms with E-state index >= 15 is 0 Å². The summed E-state index contributed by atoms with van der Waals surface area (Å²) in [6.45, 7) is 134. The van der Waals surface area contributed by atoms with Crippen molar-refractivity contribution in [2.75, 3.05) is 0 Å². The molecule has 2 aliphatic rings. The van der Waals surface area contributed by atoms with Gasteiger partial charge in [-0.2, -0.15) is 0 Å². The average molecular weight is 1510 g/mol. The molecule has 2 heterocycles. The molecule has 0 spiro atoms. The first-order valence-corrected chi connectivity index (χ1v) is 125. The fourth-order valence-electron chi connectivity index (χ4n) is 26.4. The van der Waals surface area contributed by atoms with Crippen LogP contribution in [-0.4, -0.2) is 178 Å². The zero-order valence-electron chi connectivity index (χ0n) is 65.7. The van der Waals surface area contributed by atoms with E-state index in [1.165, 1.54) is 0 Å². The molecule has 0 atom stereocenters. The Morgan fingerprint density at radius 3 is 0.312 bits per heavy atom. The molecule has 2 saturated heterocycles. The van der Waals surface area contributed by atoms with E-state index in [2.05, 4.69) is 314 Å². The van der Waals surface area contributed by atoms with E-state index in [-0.39, 0.29) is 0 Å². The Labute approximate surface area is 532 Å². The summed E-state index contributed by atoms with van der Waals surface area (Å²) in [7, 11) is -24.8. The Hall–Kier alpha value is 5.21. The maximum Gasteiger partial charge on any atom is 0.0410 e. The number of hydrogen-bond donors (Lipinski definition) is 0. The molecule has 0 aliphatic carbocycles. The van der Waals surface area contributed by atoms with Crippen molar-refractivity contribution in [1.29, 1.82) is 0 Å². The topological polar surface area (TPSA) is 0 Å². The number of rotatable bonds is 24. The normalized spacial score (nSPS) is 20.4. The van der Waals surface area contributed by atoms with Crippen LogP contribution >= 0.6 is 0 Å². The Bertz CT molecular complexity index is 1660. The summed E-state index contributed by atoms with van der Waals surface area (Å²) in [5.41, 5.74) is 15.5. The molecule has 0 amide bonds. The summed E-state index contributed by atoms with van der Waals surface area (Å²) in [6, 6.07) is 0. The predicted octanol–water partition coefficient (Wildman–Crippen LogP) is 22.6. The fraction of sp³-hybridized carbons (Fsp3) is 1.00. The van der Waals surface area contributed by atoms with Gasteiger partial charge in [0, 0.05) is 178 Å². The second kappa shape index (κ2) is 23.6. The molecule has 0 N–H and O–H groups in total. The van der Waals surface area contributed by atoms with Gasteiger partial charge in [-0.25, -0.2) is 0 Å². The first kappa shape index (κ1) is 83.2. The lowest BCUT2D eigenvalue weighted by Crippen LogP contribution is -2.92. The van der Waals surface area contributed by atoms with Gasteiger partial charge in [-0.05, 0) is 0 Å². The van der Waals surface area contributed by atoms with E-state index in [4.69, 9.17) is 0 Å². The van der Waals surface area contributed by atoms with E-state index in [1.807, 2.05) is 45.3 Å². The third-order valence-corrected chi connectivity index (χ3v) is 458. The molecule has 2 aliphatic heterocycles. The van der Waals surface area contributed by atoms with Gasteiger partial charge in [0.05, 0.1) is 0 Å². The third-order valence-electron chi connectivity index (χ3n) is 26.4. The summed E-state index contributed by atoms with van der Waals surface area (Å²) < 4.78 is 0. The van der Waals surface area contributed by atoms with Crippen molar-refractivity contribution in [3.8, 4) is 0 Å². The molecule has 0 aromatic carbocycles. The van der Waals surface area contributed by atoms with Crippen molar-refractivity contribution in [3.05, 3.63) is 0 Å². The summed E-state index contributed by atoms with van der Waals surface area (Å²) in [5, 5.41) is 0. The molecule has 0 bridgehead atoms. The SMILES string of the molecule is C[Si](C)(C)[Si]1([Si](C)(C)C)C[Si](C[Si]([Si](C)(C)C)([Si](C)(C)C)[Si](C)(C)C)(C[Si]([Si](C)(C)C)([Si](C)(C)C)[Si](C)(C)C)C1.C[Si](C)(C)[Si]1([Si](C)(C)C)C[Si](C[Si]([Si](C)(C)C)([Si](C)(C)C)[Si](C)(C)C)(C[Si]([Si](C)(C)C)([Si](C)(C)C)[Si](C)(C)C)C1. The lowest BCUT2D eigenvalue weighted by Gasteiger charge is -2.72. The van der Waals surface area contributed by atoms with E-state index in [0.717, 1.165) is 0 Å². The molecular formula is C56H160Si24. The molecule has 0 unspecified atom stereocenters. The molecular weight excluding hydrogens is 1350 g/mol. The van der Waals surface area contributed by atoms with Gasteiger partial charge in [0.25, 0.3) is 0 Å². The van der Waals surface area contributed by atoms with E-state index in [1.54, 1.807) is 0 Å². The lowest BCUT2D eigenvalue weighted by atomic mass is 11.7. The van der Waals surface area contributed by atoms with E-state index in [9.17, 15) is 0 Å². The summed E-state index contributed by atoms with van der Waals surface area (Å²) >= 11 is 0. The van der Waals surface area contributed by atoms with Crippen molar-refractivity contribution in [2.45, 2.75) is 360 Å². The van der Waals surface area contributed by atoms with Crippen LogP contribution in [0.1, 0.15) is 0 Å². The molecule has 24 heteroatoms. The fourth-order valence-corrected chi connectivity index (χ4v) is 695. The first-order valence-electron chi connectivity index (χ1n) is 33.7. The Kier molecular flexibility index (Phi) is 24.5. The van der Waals surface area contributed by atoms with Crippen LogP contribution < -0.4 is 0 Å². The molecule has 2 rings (SSSR count). The highest BCUT2D eigenvalue weighted by atomic mass is 29.9. The highest BCUT2D eigenvalue weighted by molar-refractivity contribution is 7.95. The largest absolute Gasteiger partial charge is 0.0719 e. The van der Waals surface area contributed by atoms with Crippen molar-refractivity contribution < 1.29 is 0 Å². The molecule has 80 heavy (non-hydrogen) atoms. The molecule has 480 valence electrons. The van der Waals surface area contributed by atoms with E-state index in [0.29, 0.717) is 0 Å². The Balaban J connectivity index is 0.000000800. The van der Waals surface area contributed by atoms with E-state index < -0.39 is 178 Å². The zero-order valence-corrected chi connectivity index (χ0v) is 89.7. The minimum atomic E-state index is -1.36. The quantitative estimate of drug-likeness (QED) is 0.0845. The van der Waals surface area contributed by atoms with Gasteiger partial charge in [0.15, 0.2) is 0 Å². The minimum absolute atomic E-state index is 1.14. The van der Waals surface area contributed by atoms with Gasteiger partial charge in [0.2, 0.25) is 0 Å². The van der Waals surface area contributed by atoms with Gasteiger partial charge < -0.3 is 0 Å². The highest BCUT2D eigenvalue weighted by Gasteiger charge is 2.77. The van der Waals surface area contributed by atoms with Gasteiger partial charge >= 0.3 is 0 Å². The van der Waals surface area contributed by atoms with Crippen molar-refractivity contribution >= 4 is 178 Å². The third kappa shape index (κ3) is 14.5. The smallest absolute Gasteiger partial charge is 0.0410 e. The summed E-state index contributed by atoms with van der Waals surface area (Å²) in [5.74, 6) is 0. The van der Waals surface area contributed by atoms with Crippen LogP contribution in [0.25, 0.3) is 0 Å². The van der Waals surface area contributed by atoms with Gasteiger partial charge in [0.1, 0.15) is 0 Å². The standard InChI is InChI=1S/2C28H80Si12/c2*1-29(2,3)38(30(4,5)6)25-37(26-38,27-39(31(7,8)9,32(10,11)12)33(13,14)15)28-40(34(16,17)18,35(19,20)21)36(22,23)24/h2*25-28H2,1-24H3. The maximum atomic E-state index is 2.92. The summed E-state index contributed by atoms with van der Waals surface area (Å²) in [6.07, 6.45) is 0. The highest BCUT2D eigenvalue weighted by Crippen LogP contribution is 2.62. The molecule has 0 aromatic heterocycles. The van der Waals surface area contributed by atoms with Crippen LogP contribution in [-0.2, 0) is 0 Å². The second-order valence-electron chi connectivity index (χ2n) is 46.2. The molecule has 0 radical (unpaired) electrons. The van der Waals surface area contributed by atoms with Crippen LogP contribution in [0.4, 0.5) is 0 Å². The van der Waals surface area contributed by atoms with Crippen molar-refractivity contribution in [3.63, 3.8) is 0 Å². The Morgan fingerprint density at radius 2 is 0.250 bits per heavy atom. The van der Waals surface area contributed by atoms with Crippen LogP contribution in [0.3, 0.4) is 0 Å². The average Bonchev–Trinajstić information content (AvgIpc) is 3.01.